The highest BCUT2D eigenvalue weighted by Gasteiger charge is 2.30. The highest BCUT2D eigenvalue weighted by molar-refractivity contribution is 5.78. The summed E-state index contributed by atoms with van der Waals surface area (Å²) in [6.45, 7) is 6.99. The van der Waals surface area contributed by atoms with Crippen LogP contribution in [0, 0.1) is 13.8 Å². The summed E-state index contributed by atoms with van der Waals surface area (Å²) < 4.78 is 39.9. The molecule has 0 spiro atoms. The molecular weight excluding hydrogens is 421 g/mol. The Morgan fingerprint density at radius 1 is 1.03 bits per heavy atom. The third kappa shape index (κ3) is 5.07. The molecule has 1 aromatic carbocycles. The first kappa shape index (κ1) is 22.2. The molecule has 0 saturated carbocycles. The summed E-state index contributed by atoms with van der Waals surface area (Å²) in [7, 11) is 0. The molecule has 10 heteroatoms. The predicted octanol–water partition coefficient (Wildman–Crippen LogP) is 3.04. The van der Waals surface area contributed by atoms with Crippen LogP contribution >= 0.6 is 0 Å². The number of rotatable bonds is 4. The number of hydrogen-bond acceptors (Lipinski definition) is 5. The number of aromatic nitrogens is 4. The topological polar surface area (TPSA) is 66.6 Å². The number of fused-ring (bicyclic) bond motifs is 1. The summed E-state index contributed by atoms with van der Waals surface area (Å²) in [4.78, 5) is 25.6. The fourth-order valence-corrected chi connectivity index (χ4v) is 3.97. The number of amides is 1. The second kappa shape index (κ2) is 8.85. The Hall–Kier alpha value is -3.01. The lowest BCUT2D eigenvalue weighted by Gasteiger charge is -2.22. The molecule has 0 bridgehead atoms. The highest BCUT2D eigenvalue weighted by Crippen LogP contribution is 2.29. The van der Waals surface area contributed by atoms with Gasteiger partial charge in [0.25, 0.3) is 5.78 Å². The Balaban J connectivity index is 1.34. The Bertz CT molecular complexity index is 1110. The van der Waals surface area contributed by atoms with Gasteiger partial charge in [-0.1, -0.05) is 12.1 Å². The van der Waals surface area contributed by atoms with Crippen molar-refractivity contribution >= 4 is 11.7 Å². The van der Waals surface area contributed by atoms with E-state index in [9.17, 15) is 18.0 Å². The van der Waals surface area contributed by atoms with Crippen molar-refractivity contribution < 1.29 is 18.0 Å². The maximum Gasteiger partial charge on any atom is 0.416 e. The molecule has 1 aliphatic heterocycles. The van der Waals surface area contributed by atoms with Crippen molar-refractivity contribution in [3.8, 4) is 0 Å². The van der Waals surface area contributed by atoms with Crippen molar-refractivity contribution in [3.05, 3.63) is 58.7 Å². The average Bonchev–Trinajstić information content (AvgIpc) is 2.97. The molecule has 7 nitrogen and oxygen atoms in total. The van der Waals surface area contributed by atoms with E-state index in [1.165, 1.54) is 12.1 Å². The van der Waals surface area contributed by atoms with Crippen LogP contribution in [-0.2, 0) is 23.9 Å². The molecule has 1 fully saturated rings. The SMILES string of the molecule is Cc1cc(C)n2nc(CC(=O)N3CCCN(Cc4ccc(C(F)(F)F)cc4)CC3)nc2n1. The van der Waals surface area contributed by atoms with Gasteiger partial charge in [0.2, 0.25) is 5.91 Å². The minimum absolute atomic E-state index is 0.0355. The van der Waals surface area contributed by atoms with E-state index < -0.39 is 11.7 Å². The van der Waals surface area contributed by atoms with Gasteiger partial charge in [0.1, 0.15) is 0 Å². The standard InChI is InChI=1S/C22H25F3N6O/c1-15-12-16(2)31-21(26-15)27-19(28-31)13-20(32)30-9-3-8-29(10-11-30)14-17-4-6-18(7-5-17)22(23,24)25/h4-7,12H,3,8-11,13-14H2,1-2H3. The molecule has 0 atom stereocenters. The third-order valence-corrected chi connectivity index (χ3v) is 5.60. The second-order valence-corrected chi connectivity index (χ2v) is 8.16. The van der Waals surface area contributed by atoms with E-state index in [1.807, 2.05) is 24.8 Å². The van der Waals surface area contributed by atoms with Gasteiger partial charge in [-0.15, -0.1) is 5.10 Å². The van der Waals surface area contributed by atoms with Crippen LogP contribution in [0.4, 0.5) is 13.2 Å². The van der Waals surface area contributed by atoms with E-state index in [1.54, 1.807) is 4.52 Å². The van der Waals surface area contributed by atoms with Gasteiger partial charge in [-0.05, 0) is 44.0 Å². The van der Waals surface area contributed by atoms with Gasteiger partial charge in [-0.25, -0.2) is 9.50 Å². The quantitative estimate of drug-likeness (QED) is 0.616. The fraction of sp³-hybridized carbons (Fsp3) is 0.455. The number of hydrogen-bond donors (Lipinski definition) is 0. The molecule has 2 aromatic heterocycles. The van der Waals surface area contributed by atoms with E-state index in [0.29, 0.717) is 37.8 Å². The maximum atomic E-state index is 12.8. The van der Waals surface area contributed by atoms with E-state index >= 15 is 0 Å². The first-order chi connectivity index (χ1) is 15.2. The molecule has 3 aromatic rings. The zero-order valence-electron chi connectivity index (χ0n) is 18.1. The van der Waals surface area contributed by atoms with Crippen molar-refractivity contribution in [1.29, 1.82) is 0 Å². The highest BCUT2D eigenvalue weighted by atomic mass is 19.4. The van der Waals surface area contributed by atoms with Crippen LogP contribution < -0.4 is 0 Å². The van der Waals surface area contributed by atoms with Gasteiger partial charge in [-0.2, -0.15) is 18.2 Å². The molecule has 1 saturated heterocycles. The third-order valence-electron chi connectivity index (χ3n) is 5.60. The first-order valence-corrected chi connectivity index (χ1v) is 10.6. The fourth-order valence-electron chi connectivity index (χ4n) is 3.97. The van der Waals surface area contributed by atoms with Crippen LogP contribution in [0.5, 0.6) is 0 Å². The largest absolute Gasteiger partial charge is 0.416 e. The van der Waals surface area contributed by atoms with Gasteiger partial charge < -0.3 is 4.90 Å². The second-order valence-electron chi connectivity index (χ2n) is 8.16. The molecule has 0 N–H and O–H groups in total. The average molecular weight is 446 g/mol. The van der Waals surface area contributed by atoms with Crippen LogP contribution in [0.2, 0.25) is 0 Å². The molecule has 0 unspecified atom stereocenters. The van der Waals surface area contributed by atoms with Crippen molar-refractivity contribution in [2.24, 2.45) is 0 Å². The molecule has 4 rings (SSSR count). The van der Waals surface area contributed by atoms with Crippen molar-refractivity contribution in [3.63, 3.8) is 0 Å². The number of nitrogens with zero attached hydrogens (tertiary/aromatic N) is 6. The lowest BCUT2D eigenvalue weighted by molar-refractivity contribution is -0.137. The van der Waals surface area contributed by atoms with Crippen molar-refractivity contribution in [2.45, 2.75) is 39.4 Å². The molecule has 0 radical (unpaired) electrons. The first-order valence-electron chi connectivity index (χ1n) is 10.6. The summed E-state index contributed by atoms with van der Waals surface area (Å²) in [5, 5.41) is 4.41. The minimum Gasteiger partial charge on any atom is -0.341 e. The summed E-state index contributed by atoms with van der Waals surface area (Å²) in [5.41, 5.74) is 1.94. The number of aryl methyl sites for hydroxylation is 2. The van der Waals surface area contributed by atoms with Crippen LogP contribution in [0.3, 0.4) is 0 Å². The Morgan fingerprint density at radius 3 is 2.50 bits per heavy atom. The van der Waals surface area contributed by atoms with Gasteiger partial charge in [0.05, 0.1) is 12.0 Å². The predicted molar refractivity (Wildman–Crippen MR) is 112 cm³/mol. The minimum atomic E-state index is -4.33. The number of carbonyl (C=O) groups is 1. The van der Waals surface area contributed by atoms with E-state index in [0.717, 1.165) is 42.0 Å². The number of benzene rings is 1. The molecule has 1 amide bonds. The number of alkyl halides is 3. The van der Waals surface area contributed by atoms with Crippen molar-refractivity contribution in [1.82, 2.24) is 29.4 Å². The molecule has 1 aliphatic rings. The lowest BCUT2D eigenvalue weighted by atomic mass is 10.1. The van der Waals surface area contributed by atoms with Gasteiger partial charge in [-0.3, -0.25) is 9.69 Å². The summed E-state index contributed by atoms with van der Waals surface area (Å²) >= 11 is 0. The smallest absolute Gasteiger partial charge is 0.341 e. The summed E-state index contributed by atoms with van der Waals surface area (Å²) in [6.07, 6.45) is -3.42. The Labute approximate surface area is 183 Å². The van der Waals surface area contributed by atoms with Gasteiger partial charge in [0, 0.05) is 44.1 Å². The van der Waals surface area contributed by atoms with Crippen LogP contribution in [0.1, 0.15) is 34.8 Å². The normalized spacial score (nSPS) is 15.8. The zero-order valence-corrected chi connectivity index (χ0v) is 18.1. The molecule has 32 heavy (non-hydrogen) atoms. The van der Waals surface area contributed by atoms with Crippen molar-refractivity contribution in [2.75, 3.05) is 26.2 Å². The Kier molecular flexibility index (Phi) is 6.14. The van der Waals surface area contributed by atoms with E-state index in [-0.39, 0.29) is 12.3 Å². The zero-order chi connectivity index (χ0) is 22.9. The molecule has 170 valence electrons. The monoisotopic (exact) mass is 446 g/mol. The van der Waals surface area contributed by atoms with Gasteiger partial charge >= 0.3 is 6.18 Å². The molecule has 3 heterocycles. The van der Waals surface area contributed by atoms with Crippen LogP contribution in [0.25, 0.3) is 5.78 Å². The summed E-state index contributed by atoms with van der Waals surface area (Å²) in [5.74, 6) is 0.901. The van der Waals surface area contributed by atoms with E-state index in [2.05, 4.69) is 20.0 Å². The lowest BCUT2D eigenvalue weighted by Crippen LogP contribution is -2.36. The Morgan fingerprint density at radius 2 is 1.78 bits per heavy atom. The maximum absolute atomic E-state index is 12.8. The molecular formula is C22H25F3N6O. The van der Waals surface area contributed by atoms with Crippen LogP contribution in [0.15, 0.2) is 30.3 Å². The van der Waals surface area contributed by atoms with Gasteiger partial charge in [0.15, 0.2) is 5.82 Å². The molecule has 0 aliphatic carbocycles. The summed E-state index contributed by atoms with van der Waals surface area (Å²) in [6, 6.07) is 7.17. The van der Waals surface area contributed by atoms with Crippen LogP contribution in [-0.4, -0.2) is 61.5 Å². The van der Waals surface area contributed by atoms with E-state index in [4.69, 9.17) is 0 Å². The number of carbonyl (C=O) groups excluding carboxylic acids is 1. The number of halogens is 3.